The second-order valence-electron chi connectivity index (χ2n) is 4.34. The van der Waals surface area contributed by atoms with Crippen molar-refractivity contribution in [1.82, 2.24) is 4.98 Å². The number of carbonyl (C=O) groups excluding carboxylic acids is 1. The number of rotatable bonds is 4. The maximum absolute atomic E-state index is 11.9. The summed E-state index contributed by atoms with van der Waals surface area (Å²) in [5.74, 6) is -0.0831. The van der Waals surface area contributed by atoms with E-state index < -0.39 is 0 Å². The lowest BCUT2D eigenvalue weighted by atomic mass is 10.1. The predicted octanol–water partition coefficient (Wildman–Crippen LogP) is 4.76. The summed E-state index contributed by atoms with van der Waals surface area (Å²) in [5, 5.41) is 4.40. The Balaban J connectivity index is 1.68. The smallest absolute Gasteiger partial charge is 0.187 e. The highest BCUT2D eigenvalue weighted by molar-refractivity contribution is 7.22. The Labute approximate surface area is 130 Å². The van der Waals surface area contributed by atoms with Crippen molar-refractivity contribution >= 4 is 44.1 Å². The van der Waals surface area contributed by atoms with Gasteiger partial charge in [0.05, 0.1) is 10.2 Å². The van der Waals surface area contributed by atoms with Gasteiger partial charge < -0.3 is 5.32 Å². The van der Waals surface area contributed by atoms with E-state index in [-0.39, 0.29) is 5.78 Å². The summed E-state index contributed by atoms with van der Waals surface area (Å²) >= 11 is 7.34. The Morgan fingerprint density at radius 2 is 1.90 bits per heavy atom. The standard InChI is InChI=1S/C16H11ClN2OS/c17-12-7-5-11(6-8-12)14(20)9-10-18-16-19-13-3-1-2-4-15(13)21-16/h1-10H,(H,18,19). The van der Waals surface area contributed by atoms with Gasteiger partial charge >= 0.3 is 0 Å². The topological polar surface area (TPSA) is 42.0 Å². The molecule has 0 aliphatic heterocycles. The lowest BCUT2D eigenvalue weighted by molar-refractivity contribution is 0.104. The van der Waals surface area contributed by atoms with Crippen LogP contribution in [0.25, 0.3) is 10.2 Å². The molecule has 0 fully saturated rings. The van der Waals surface area contributed by atoms with Crippen molar-refractivity contribution in [2.24, 2.45) is 0 Å². The van der Waals surface area contributed by atoms with Crippen molar-refractivity contribution in [2.45, 2.75) is 0 Å². The summed E-state index contributed by atoms with van der Waals surface area (Å²) in [4.78, 5) is 16.4. The van der Waals surface area contributed by atoms with Crippen molar-refractivity contribution in [2.75, 3.05) is 5.32 Å². The number of carbonyl (C=O) groups is 1. The molecule has 1 aromatic heterocycles. The maximum Gasteiger partial charge on any atom is 0.187 e. The number of nitrogens with zero attached hydrogens (tertiary/aromatic N) is 1. The van der Waals surface area contributed by atoms with Crippen LogP contribution in [0, 0.1) is 0 Å². The van der Waals surface area contributed by atoms with E-state index in [1.54, 1.807) is 41.8 Å². The van der Waals surface area contributed by atoms with Crippen LogP contribution in [-0.4, -0.2) is 10.8 Å². The molecular weight excluding hydrogens is 304 g/mol. The molecule has 3 aromatic rings. The number of para-hydroxylation sites is 1. The number of benzene rings is 2. The molecule has 0 unspecified atom stereocenters. The zero-order chi connectivity index (χ0) is 14.7. The first-order chi connectivity index (χ1) is 10.2. The molecule has 1 heterocycles. The molecule has 0 bridgehead atoms. The summed E-state index contributed by atoms with van der Waals surface area (Å²) in [5.41, 5.74) is 1.55. The summed E-state index contributed by atoms with van der Waals surface area (Å²) in [7, 11) is 0. The minimum Gasteiger partial charge on any atom is -0.338 e. The highest BCUT2D eigenvalue weighted by Crippen LogP contribution is 2.25. The number of hydrogen-bond donors (Lipinski definition) is 1. The van der Waals surface area contributed by atoms with Gasteiger partial charge in [0, 0.05) is 22.9 Å². The van der Waals surface area contributed by atoms with Gasteiger partial charge in [0.1, 0.15) is 0 Å². The van der Waals surface area contributed by atoms with E-state index in [1.165, 1.54) is 6.08 Å². The number of fused-ring (bicyclic) bond motifs is 1. The molecule has 0 aliphatic rings. The molecule has 21 heavy (non-hydrogen) atoms. The molecule has 0 spiro atoms. The number of aromatic nitrogens is 1. The van der Waals surface area contributed by atoms with Crippen molar-refractivity contribution in [3.63, 3.8) is 0 Å². The van der Waals surface area contributed by atoms with Crippen LogP contribution < -0.4 is 5.32 Å². The van der Waals surface area contributed by atoms with E-state index in [1.807, 2.05) is 24.3 Å². The molecule has 1 N–H and O–H groups in total. The number of allylic oxidation sites excluding steroid dienone is 1. The Hall–Kier alpha value is -2.17. The molecule has 2 aromatic carbocycles. The van der Waals surface area contributed by atoms with Crippen LogP contribution in [0.3, 0.4) is 0 Å². The molecule has 0 saturated carbocycles. The van der Waals surface area contributed by atoms with E-state index in [0.717, 1.165) is 15.3 Å². The maximum atomic E-state index is 11.9. The lowest BCUT2D eigenvalue weighted by Gasteiger charge is -1.96. The fraction of sp³-hybridized carbons (Fsp3) is 0. The van der Waals surface area contributed by atoms with Crippen molar-refractivity contribution in [3.05, 3.63) is 71.4 Å². The molecule has 5 heteroatoms. The molecular formula is C16H11ClN2OS. The van der Waals surface area contributed by atoms with Crippen molar-refractivity contribution < 1.29 is 4.79 Å². The Morgan fingerprint density at radius 1 is 1.14 bits per heavy atom. The second-order valence-corrected chi connectivity index (χ2v) is 5.80. The Bertz CT molecular complexity index is 776. The third-order valence-electron chi connectivity index (χ3n) is 2.86. The first kappa shape index (κ1) is 13.8. The fourth-order valence-corrected chi connectivity index (χ4v) is 2.80. The normalized spacial score (nSPS) is 11.1. The highest BCUT2D eigenvalue weighted by atomic mass is 35.5. The molecule has 0 amide bonds. The zero-order valence-electron chi connectivity index (χ0n) is 10.9. The Kier molecular flexibility index (Phi) is 3.99. The second kappa shape index (κ2) is 6.08. The SMILES string of the molecule is O=C(C=CNc1nc2ccccc2s1)c1ccc(Cl)cc1. The van der Waals surface area contributed by atoms with Gasteiger partial charge in [-0.25, -0.2) is 4.98 Å². The number of thiazole rings is 1. The van der Waals surface area contributed by atoms with Crippen LogP contribution >= 0.6 is 22.9 Å². The van der Waals surface area contributed by atoms with E-state index in [4.69, 9.17) is 11.6 Å². The summed E-state index contributed by atoms with van der Waals surface area (Å²) < 4.78 is 1.11. The molecule has 0 saturated heterocycles. The zero-order valence-corrected chi connectivity index (χ0v) is 12.5. The van der Waals surface area contributed by atoms with Gasteiger partial charge in [-0.2, -0.15) is 0 Å². The minimum absolute atomic E-state index is 0.0831. The average molecular weight is 315 g/mol. The van der Waals surface area contributed by atoms with Gasteiger partial charge in [0.15, 0.2) is 10.9 Å². The van der Waals surface area contributed by atoms with Crippen LogP contribution in [0.2, 0.25) is 5.02 Å². The van der Waals surface area contributed by atoms with Gasteiger partial charge in [-0.3, -0.25) is 4.79 Å². The first-order valence-corrected chi connectivity index (χ1v) is 7.50. The van der Waals surface area contributed by atoms with Crippen LogP contribution in [0.1, 0.15) is 10.4 Å². The quantitative estimate of drug-likeness (QED) is 0.557. The van der Waals surface area contributed by atoms with Crippen LogP contribution in [0.15, 0.2) is 60.8 Å². The molecule has 3 nitrogen and oxygen atoms in total. The Morgan fingerprint density at radius 3 is 2.67 bits per heavy atom. The third-order valence-corrected chi connectivity index (χ3v) is 4.08. The van der Waals surface area contributed by atoms with E-state index >= 15 is 0 Å². The van der Waals surface area contributed by atoms with Crippen molar-refractivity contribution in [3.8, 4) is 0 Å². The van der Waals surface area contributed by atoms with Gasteiger partial charge in [-0.05, 0) is 36.4 Å². The third kappa shape index (κ3) is 3.29. The number of hydrogen-bond acceptors (Lipinski definition) is 4. The summed E-state index contributed by atoms with van der Waals surface area (Å²) in [6, 6.07) is 14.7. The van der Waals surface area contributed by atoms with Gasteiger partial charge in [0.25, 0.3) is 0 Å². The first-order valence-electron chi connectivity index (χ1n) is 6.31. The number of nitrogens with one attached hydrogen (secondary N) is 1. The fourth-order valence-electron chi connectivity index (χ4n) is 1.83. The number of halogens is 1. The van der Waals surface area contributed by atoms with E-state index in [9.17, 15) is 4.79 Å². The largest absolute Gasteiger partial charge is 0.338 e. The van der Waals surface area contributed by atoms with Crippen LogP contribution in [0.4, 0.5) is 5.13 Å². The predicted molar refractivity (Wildman–Crippen MR) is 88.2 cm³/mol. The van der Waals surface area contributed by atoms with Gasteiger partial charge in [-0.1, -0.05) is 35.1 Å². The molecule has 3 rings (SSSR count). The van der Waals surface area contributed by atoms with E-state index in [0.29, 0.717) is 10.6 Å². The lowest BCUT2D eigenvalue weighted by Crippen LogP contribution is -1.95. The summed E-state index contributed by atoms with van der Waals surface area (Å²) in [6.07, 6.45) is 3.09. The van der Waals surface area contributed by atoms with Crippen molar-refractivity contribution in [1.29, 1.82) is 0 Å². The minimum atomic E-state index is -0.0831. The monoisotopic (exact) mass is 314 g/mol. The molecule has 0 atom stereocenters. The van der Waals surface area contributed by atoms with Gasteiger partial charge in [0.2, 0.25) is 0 Å². The highest BCUT2D eigenvalue weighted by Gasteiger charge is 2.02. The van der Waals surface area contributed by atoms with Crippen LogP contribution in [0.5, 0.6) is 0 Å². The molecule has 0 aliphatic carbocycles. The molecule has 0 radical (unpaired) electrons. The van der Waals surface area contributed by atoms with Crippen LogP contribution in [-0.2, 0) is 0 Å². The average Bonchev–Trinajstić information content (AvgIpc) is 2.90. The number of ketones is 1. The van der Waals surface area contributed by atoms with E-state index in [2.05, 4.69) is 10.3 Å². The summed E-state index contributed by atoms with van der Waals surface area (Å²) in [6.45, 7) is 0. The number of anilines is 1. The molecule has 104 valence electrons. The van der Waals surface area contributed by atoms with Gasteiger partial charge in [-0.15, -0.1) is 0 Å².